The molecule has 10 unspecified atom stereocenters. The fraction of sp³-hybridized carbons (Fsp3) is 0.771. The SMILES string of the molecule is CC(=CC(=O)OC1C2C(CC=C3CC(O)CCC32C)C2(O)CCC(O)(C(C)O)C2(C)C1OC(=O)C=C(C)C(C)C)C(C)C. The van der Waals surface area contributed by atoms with Crippen LogP contribution in [-0.4, -0.2) is 68.0 Å². The van der Waals surface area contributed by atoms with Crippen LogP contribution >= 0.6 is 0 Å². The average molecular weight is 603 g/mol. The third kappa shape index (κ3) is 5.34. The van der Waals surface area contributed by atoms with Gasteiger partial charge in [-0.3, -0.25) is 0 Å². The van der Waals surface area contributed by atoms with Gasteiger partial charge in [0.05, 0.1) is 23.2 Å². The Kier molecular flexibility index (Phi) is 9.25. The highest BCUT2D eigenvalue weighted by Gasteiger charge is 2.79. The lowest BCUT2D eigenvalue weighted by molar-refractivity contribution is -0.306. The highest BCUT2D eigenvalue weighted by atomic mass is 16.6. The van der Waals surface area contributed by atoms with Gasteiger partial charge in [-0.1, -0.05) is 64.3 Å². The number of rotatable bonds is 7. The first-order valence-corrected chi connectivity index (χ1v) is 16.1. The second kappa shape index (κ2) is 11.7. The standard InChI is InChI=1S/C35H54O8/c1-19(2)21(5)16-27(38)42-30-29-26(11-10-24-18-25(37)12-13-32(24,29)8)35(41)15-14-34(40,23(7)36)33(35,9)31(30)43-28(39)17-22(6)20(3)4/h10,16-17,19-20,23,25-26,29-31,36-37,40-41H,11-15,18H2,1-9H3. The Bertz CT molecular complexity index is 1200. The van der Waals surface area contributed by atoms with Crippen LogP contribution in [-0.2, 0) is 19.1 Å². The maximum absolute atomic E-state index is 13.6. The van der Waals surface area contributed by atoms with Gasteiger partial charge in [0.2, 0.25) is 0 Å². The predicted octanol–water partition coefficient (Wildman–Crippen LogP) is 4.78. The van der Waals surface area contributed by atoms with Crippen molar-refractivity contribution in [1.29, 1.82) is 0 Å². The summed E-state index contributed by atoms with van der Waals surface area (Å²) in [7, 11) is 0. The fourth-order valence-corrected chi connectivity index (χ4v) is 8.71. The molecular weight excluding hydrogens is 548 g/mol. The largest absolute Gasteiger partial charge is 0.455 e. The molecule has 0 radical (unpaired) electrons. The van der Waals surface area contributed by atoms with Crippen molar-refractivity contribution in [2.24, 2.45) is 34.5 Å². The van der Waals surface area contributed by atoms with Crippen LogP contribution in [0.1, 0.15) is 101 Å². The molecular formula is C35H54O8. The van der Waals surface area contributed by atoms with Crippen molar-refractivity contribution >= 4 is 11.9 Å². The summed E-state index contributed by atoms with van der Waals surface area (Å²) in [6.07, 6.45) is 3.35. The predicted molar refractivity (Wildman–Crippen MR) is 164 cm³/mol. The first kappa shape index (κ1) is 33.9. The number of carbonyl (C=O) groups excluding carboxylic acids is 2. The van der Waals surface area contributed by atoms with E-state index in [-0.39, 0.29) is 24.7 Å². The summed E-state index contributed by atoms with van der Waals surface area (Å²) >= 11 is 0. The quantitative estimate of drug-likeness (QED) is 0.186. The van der Waals surface area contributed by atoms with E-state index in [1.54, 1.807) is 6.92 Å². The molecule has 0 spiro atoms. The molecule has 0 aromatic rings. The molecule has 10 atom stereocenters. The highest BCUT2D eigenvalue weighted by molar-refractivity contribution is 5.84. The normalized spacial score (nSPS) is 42.1. The summed E-state index contributed by atoms with van der Waals surface area (Å²) < 4.78 is 12.7. The van der Waals surface area contributed by atoms with Gasteiger partial charge in [-0.15, -0.1) is 0 Å². The number of aliphatic hydroxyl groups excluding tert-OH is 2. The lowest BCUT2D eigenvalue weighted by atomic mass is 9.43. The minimum atomic E-state index is -1.82. The Morgan fingerprint density at radius 2 is 1.49 bits per heavy atom. The first-order valence-electron chi connectivity index (χ1n) is 16.1. The molecule has 8 heteroatoms. The van der Waals surface area contributed by atoms with E-state index in [2.05, 4.69) is 13.0 Å². The van der Waals surface area contributed by atoms with Gasteiger partial charge >= 0.3 is 11.9 Å². The topological polar surface area (TPSA) is 134 Å². The molecule has 3 saturated carbocycles. The van der Waals surface area contributed by atoms with E-state index >= 15 is 0 Å². The smallest absolute Gasteiger partial charge is 0.331 e. The van der Waals surface area contributed by atoms with E-state index in [0.29, 0.717) is 25.7 Å². The number of fused-ring (bicyclic) bond motifs is 5. The lowest BCUT2D eigenvalue weighted by Gasteiger charge is -2.66. The minimum Gasteiger partial charge on any atom is -0.455 e. The minimum absolute atomic E-state index is 0.0908. The summed E-state index contributed by atoms with van der Waals surface area (Å²) in [5.41, 5.74) is -2.80. The van der Waals surface area contributed by atoms with Crippen molar-refractivity contribution in [2.75, 3.05) is 0 Å². The van der Waals surface area contributed by atoms with E-state index < -0.39 is 70.2 Å². The average Bonchev–Trinajstić information content (AvgIpc) is 3.13. The second-order valence-corrected chi connectivity index (χ2v) is 15.0. The molecule has 0 saturated heterocycles. The van der Waals surface area contributed by atoms with Crippen LogP contribution in [0, 0.1) is 34.5 Å². The van der Waals surface area contributed by atoms with Gasteiger partial charge in [0.1, 0.15) is 11.7 Å². The van der Waals surface area contributed by atoms with Crippen molar-refractivity contribution in [3.63, 3.8) is 0 Å². The third-order valence-corrected chi connectivity index (χ3v) is 12.2. The molecule has 0 aromatic carbocycles. The monoisotopic (exact) mass is 602 g/mol. The van der Waals surface area contributed by atoms with E-state index in [1.807, 2.05) is 41.5 Å². The van der Waals surface area contributed by atoms with Gasteiger partial charge in [-0.2, -0.15) is 0 Å². The number of aliphatic hydroxyl groups is 4. The second-order valence-electron chi connectivity index (χ2n) is 15.0. The summed E-state index contributed by atoms with van der Waals surface area (Å²) in [5.74, 6) is -1.93. The van der Waals surface area contributed by atoms with Crippen molar-refractivity contribution < 1.29 is 39.5 Å². The zero-order valence-electron chi connectivity index (χ0n) is 27.5. The zero-order chi connectivity index (χ0) is 32.3. The summed E-state index contributed by atoms with van der Waals surface area (Å²) in [6.45, 7) is 16.9. The molecule has 43 heavy (non-hydrogen) atoms. The Morgan fingerprint density at radius 1 is 0.930 bits per heavy atom. The Hall–Kier alpha value is -2.00. The van der Waals surface area contributed by atoms with Crippen molar-refractivity contribution in [3.8, 4) is 0 Å². The lowest BCUT2D eigenvalue weighted by Crippen LogP contribution is -2.76. The third-order valence-electron chi connectivity index (χ3n) is 12.2. The van der Waals surface area contributed by atoms with Gasteiger partial charge in [0, 0.05) is 18.1 Å². The molecule has 4 rings (SSSR count). The fourth-order valence-electron chi connectivity index (χ4n) is 8.71. The van der Waals surface area contributed by atoms with Gasteiger partial charge in [-0.25, -0.2) is 9.59 Å². The van der Waals surface area contributed by atoms with Crippen LogP contribution in [0.5, 0.6) is 0 Å². The molecule has 0 heterocycles. The van der Waals surface area contributed by atoms with Crippen LogP contribution in [0.4, 0.5) is 0 Å². The van der Waals surface area contributed by atoms with Crippen LogP contribution in [0.25, 0.3) is 0 Å². The van der Waals surface area contributed by atoms with E-state index in [9.17, 15) is 30.0 Å². The maximum atomic E-state index is 13.6. The highest BCUT2D eigenvalue weighted by Crippen LogP contribution is 2.70. The number of esters is 2. The van der Waals surface area contributed by atoms with E-state index in [4.69, 9.17) is 9.47 Å². The van der Waals surface area contributed by atoms with Crippen LogP contribution < -0.4 is 0 Å². The van der Waals surface area contributed by atoms with Crippen LogP contribution in [0.2, 0.25) is 0 Å². The van der Waals surface area contributed by atoms with Crippen molar-refractivity contribution in [1.82, 2.24) is 0 Å². The molecule has 3 fully saturated rings. The van der Waals surface area contributed by atoms with Gasteiger partial charge in [-0.05, 0) is 82.5 Å². The van der Waals surface area contributed by atoms with Crippen LogP contribution in [0.15, 0.2) is 34.9 Å². The summed E-state index contributed by atoms with van der Waals surface area (Å²) in [4.78, 5) is 27.2. The number of hydrogen-bond donors (Lipinski definition) is 4. The zero-order valence-corrected chi connectivity index (χ0v) is 27.5. The number of allylic oxidation sites excluding steroid dienone is 3. The molecule has 8 nitrogen and oxygen atoms in total. The number of ether oxygens (including phenoxy) is 2. The Balaban J connectivity index is 1.96. The molecule has 0 aliphatic heterocycles. The molecule has 0 amide bonds. The number of carbonyl (C=O) groups is 2. The van der Waals surface area contributed by atoms with Gasteiger partial charge in [0.15, 0.2) is 6.10 Å². The van der Waals surface area contributed by atoms with E-state index in [0.717, 1.165) is 16.7 Å². The van der Waals surface area contributed by atoms with Crippen LogP contribution in [0.3, 0.4) is 0 Å². The molecule has 4 aliphatic carbocycles. The summed E-state index contributed by atoms with van der Waals surface area (Å²) in [5, 5.41) is 46.7. The molecule has 242 valence electrons. The van der Waals surface area contributed by atoms with Gasteiger partial charge < -0.3 is 29.9 Å². The van der Waals surface area contributed by atoms with Crippen molar-refractivity contribution in [2.45, 2.75) is 136 Å². The molecule has 4 N–H and O–H groups in total. The first-order chi connectivity index (χ1) is 19.8. The maximum Gasteiger partial charge on any atom is 0.331 e. The summed E-state index contributed by atoms with van der Waals surface area (Å²) in [6, 6.07) is 0. The Labute approximate surface area is 257 Å². The molecule has 0 bridgehead atoms. The van der Waals surface area contributed by atoms with E-state index in [1.165, 1.54) is 19.1 Å². The number of hydrogen-bond acceptors (Lipinski definition) is 8. The molecule has 0 aromatic heterocycles. The Morgan fingerprint density at radius 3 is 2.02 bits per heavy atom. The molecule has 4 aliphatic rings. The van der Waals surface area contributed by atoms with Crippen molar-refractivity contribution in [3.05, 3.63) is 34.9 Å². The van der Waals surface area contributed by atoms with Gasteiger partial charge in [0.25, 0.3) is 0 Å².